The van der Waals surface area contributed by atoms with Crippen LogP contribution >= 0.6 is 0 Å². The van der Waals surface area contributed by atoms with Crippen molar-refractivity contribution in [3.63, 3.8) is 0 Å². The SMILES string of the molecule is CCCCC(C)Nc1cccc2[nH]ncc12. The Hall–Kier alpha value is -1.51. The molecule has 16 heavy (non-hydrogen) atoms. The first kappa shape index (κ1) is 11.0. The maximum Gasteiger partial charge on any atom is 0.0671 e. The van der Waals surface area contributed by atoms with Gasteiger partial charge in [0.1, 0.15) is 0 Å². The van der Waals surface area contributed by atoms with Gasteiger partial charge in [0.25, 0.3) is 0 Å². The number of rotatable bonds is 5. The number of nitrogens with one attached hydrogen (secondary N) is 2. The van der Waals surface area contributed by atoms with E-state index in [1.807, 2.05) is 12.3 Å². The number of H-pyrrole nitrogens is 1. The summed E-state index contributed by atoms with van der Waals surface area (Å²) in [5.41, 5.74) is 2.27. The van der Waals surface area contributed by atoms with Crippen molar-refractivity contribution < 1.29 is 0 Å². The van der Waals surface area contributed by atoms with Crippen LogP contribution in [-0.2, 0) is 0 Å². The van der Waals surface area contributed by atoms with Gasteiger partial charge in [-0.3, -0.25) is 5.10 Å². The molecule has 0 aliphatic rings. The largest absolute Gasteiger partial charge is 0.382 e. The Bertz CT molecular complexity index is 447. The van der Waals surface area contributed by atoms with Gasteiger partial charge in [-0.25, -0.2) is 0 Å². The average molecular weight is 217 g/mol. The van der Waals surface area contributed by atoms with E-state index in [-0.39, 0.29) is 0 Å². The molecule has 3 nitrogen and oxygen atoms in total. The minimum Gasteiger partial charge on any atom is -0.382 e. The summed E-state index contributed by atoms with van der Waals surface area (Å²) in [4.78, 5) is 0. The van der Waals surface area contributed by atoms with Gasteiger partial charge < -0.3 is 5.32 Å². The highest BCUT2D eigenvalue weighted by Gasteiger charge is 2.05. The predicted molar refractivity (Wildman–Crippen MR) is 68.7 cm³/mol. The van der Waals surface area contributed by atoms with E-state index in [0.717, 1.165) is 5.52 Å². The van der Waals surface area contributed by atoms with Crippen molar-refractivity contribution in [2.24, 2.45) is 0 Å². The molecule has 2 rings (SSSR count). The van der Waals surface area contributed by atoms with Crippen LogP contribution in [0, 0.1) is 0 Å². The Morgan fingerprint density at radius 1 is 1.44 bits per heavy atom. The molecule has 2 aromatic rings. The predicted octanol–water partition coefficient (Wildman–Crippen LogP) is 3.55. The van der Waals surface area contributed by atoms with Gasteiger partial charge in [0.15, 0.2) is 0 Å². The maximum atomic E-state index is 4.07. The molecular weight excluding hydrogens is 198 g/mol. The van der Waals surface area contributed by atoms with Crippen LogP contribution in [0.5, 0.6) is 0 Å². The first-order chi connectivity index (χ1) is 7.81. The summed E-state index contributed by atoms with van der Waals surface area (Å²) in [6, 6.07) is 6.72. The molecule has 3 heteroatoms. The Balaban J connectivity index is 2.11. The molecule has 1 unspecified atom stereocenters. The van der Waals surface area contributed by atoms with Gasteiger partial charge in [0, 0.05) is 17.1 Å². The van der Waals surface area contributed by atoms with E-state index in [0.29, 0.717) is 6.04 Å². The monoisotopic (exact) mass is 217 g/mol. The standard InChI is InChI=1S/C13H19N3/c1-3-4-6-10(2)15-12-7-5-8-13-11(12)9-14-16-13/h5,7-10,15H,3-4,6H2,1-2H3,(H,14,16). The van der Waals surface area contributed by atoms with Crippen molar-refractivity contribution in [3.8, 4) is 0 Å². The van der Waals surface area contributed by atoms with Gasteiger partial charge in [-0.15, -0.1) is 0 Å². The number of aromatic amines is 1. The molecule has 1 atom stereocenters. The van der Waals surface area contributed by atoms with Crippen molar-refractivity contribution >= 4 is 16.6 Å². The smallest absolute Gasteiger partial charge is 0.0671 e. The van der Waals surface area contributed by atoms with Crippen LogP contribution in [0.15, 0.2) is 24.4 Å². The molecule has 0 spiro atoms. The fourth-order valence-corrected chi connectivity index (χ4v) is 1.94. The first-order valence-corrected chi connectivity index (χ1v) is 6.00. The van der Waals surface area contributed by atoms with Gasteiger partial charge in [0.2, 0.25) is 0 Å². The molecule has 86 valence electrons. The normalized spacial score (nSPS) is 12.9. The molecule has 0 fully saturated rings. The maximum absolute atomic E-state index is 4.07. The van der Waals surface area contributed by atoms with Crippen LogP contribution in [-0.4, -0.2) is 16.2 Å². The summed E-state index contributed by atoms with van der Waals surface area (Å²) in [5, 5.41) is 11.8. The summed E-state index contributed by atoms with van der Waals surface area (Å²) in [6.45, 7) is 4.46. The molecule has 1 heterocycles. The number of benzene rings is 1. The van der Waals surface area contributed by atoms with Crippen LogP contribution < -0.4 is 5.32 Å². The highest BCUT2D eigenvalue weighted by atomic mass is 15.1. The minimum atomic E-state index is 0.514. The number of nitrogens with zero attached hydrogens (tertiary/aromatic N) is 1. The zero-order valence-electron chi connectivity index (χ0n) is 9.96. The Morgan fingerprint density at radius 3 is 3.12 bits per heavy atom. The second-order valence-electron chi connectivity index (χ2n) is 4.32. The third-order valence-electron chi connectivity index (χ3n) is 2.88. The van der Waals surface area contributed by atoms with Crippen molar-refractivity contribution in [3.05, 3.63) is 24.4 Å². The van der Waals surface area contributed by atoms with Crippen LogP contribution in [0.4, 0.5) is 5.69 Å². The number of anilines is 1. The van der Waals surface area contributed by atoms with Gasteiger partial charge in [0.05, 0.1) is 11.7 Å². The lowest BCUT2D eigenvalue weighted by Gasteiger charge is -2.15. The molecule has 1 aromatic heterocycles. The van der Waals surface area contributed by atoms with Crippen molar-refractivity contribution in [2.45, 2.75) is 39.2 Å². The third-order valence-corrected chi connectivity index (χ3v) is 2.88. The zero-order chi connectivity index (χ0) is 11.4. The molecule has 0 saturated carbocycles. The Labute approximate surface area is 96.2 Å². The molecular formula is C13H19N3. The lowest BCUT2D eigenvalue weighted by molar-refractivity contribution is 0.645. The number of hydrogen-bond acceptors (Lipinski definition) is 2. The van der Waals surface area contributed by atoms with E-state index in [2.05, 4.69) is 41.5 Å². The van der Waals surface area contributed by atoms with Gasteiger partial charge in [-0.1, -0.05) is 25.8 Å². The van der Waals surface area contributed by atoms with E-state index in [9.17, 15) is 0 Å². The molecule has 0 amide bonds. The summed E-state index contributed by atoms with van der Waals surface area (Å²) in [6.07, 6.45) is 5.62. The van der Waals surface area contributed by atoms with E-state index >= 15 is 0 Å². The van der Waals surface area contributed by atoms with E-state index in [1.54, 1.807) is 0 Å². The third kappa shape index (κ3) is 2.35. The van der Waals surface area contributed by atoms with Crippen molar-refractivity contribution in [1.29, 1.82) is 0 Å². The highest BCUT2D eigenvalue weighted by molar-refractivity contribution is 5.90. The zero-order valence-corrected chi connectivity index (χ0v) is 9.96. The lowest BCUT2D eigenvalue weighted by atomic mass is 10.1. The summed E-state index contributed by atoms with van der Waals surface area (Å²) in [7, 11) is 0. The van der Waals surface area contributed by atoms with E-state index < -0.39 is 0 Å². The number of aromatic nitrogens is 2. The molecule has 0 bridgehead atoms. The average Bonchev–Trinajstić information content (AvgIpc) is 2.75. The number of unbranched alkanes of at least 4 members (excludes halogenated alkanes) is 1. The molecule has 0 radical (unpaired) electrons. The topological polar surface area (TPSA) is 40.7 Å². The molecule has 0 aliphatic heterocycles. The summed E-state index contributed by atoms with van der Waals surface area (Å²) < 4.78 is 0. The number of fused-ring (bicyclic) bond motifs is 1. The second-order valence-corrected chi connectivity index (χ2v) is 4.32. The molecule has 2 N–H and O–H groups in total. The van der Waals surface area contributed by atoms with Crippen molar-refractivity contribution in [1.82, 2.24) is 10.2 Å². The fourth-order valence-electron chi connectivity index (χ4n) is 1.94. The van der Waals surface area contributed by atoms with Crippen LogP contribution in [0.3, 0.4) is 0 Å². The van der Waals surface area contributed by atoms with Gasteiger partial charge in [-0.05, 0) is 25.5 Å². The Kier molecular flexibility index (Phi) is 3.44. The molecule has 0 saturated heterocycles. The summed E-state index contributed by atoms with van der Waals surface area (Å²) >= 11 is 0. The van der Waals surface area contributed by atoms with Crippen LogP contribution in [0.2, 0.25) is 0 Å². The van der Waals surface area contributed by atoms with Crippen LogP contribution in [0.1, 0.15) is 33.1 Å². The van der Waals surface area contributed by atoms with Gasteiger partial charge >= 0.3 is 0 Å². The molecule has 1 aromatic carbocycles. The second kappa shape index (κ2) is 5.01. The minimum absolute atomic E-state index is 0.514. The van der Waals surface area contributed by atoms with E-state index in [4.69, 9.17) is 0 Å². The fraction of sp³-hybridized carbons (Fsp3) is 0.462. The molecule has 0 aliphatic carbocycles. The highest BCUT2D eigenvalue weighted by Crippen LogP contribution is 2.22. The van der Waals surface area contributed by atoms with Gasteiger partial charge in [-0.2, -0.15) is 5.10 Å². The van der Waals surface area contributed by atoms with E-state index in [1.165, 1.54) is 30.3 Å². The van der Waals surface area contributed by atoms with Crippen LogP contribution in [0.25, 0.3) is 10.9 Å². The Morgan fingerprint density at radius 2 is 2.31 bits per heavy atom. The number of hydrogen-bond donors (Lipinski definition) is 2. The quantitative estimate of drug-likeness (QED) is 0.804. The first-order valence-electron chi connectivity index (χ1n) is 6.00. The summed E-state index contributed by atoms with van der Waals surface area (Å²) in [5.74, 6) is 0. The lowest BCUT2D eigenvalue weighted by Crippen LogP contribution is -2.14. The van der Waals surface area contributed by atoms with Crippen molar-refractivity contribution in [2.75, 3.05) is 5.32 Å².